The molecule has 0 bridgehead atoms. The van der Waals surface area contributed by atoms with Crippen LogP contribution in [0.15, 0.2) is 18.2 Å². The molecule has 0 aromatic heterocycles. The summed E-state index contributed by atoms with van der Waals surface area (Å²) >= 11 is 11.8. The minimum Gasteiger partial charge on any atom is -0.456 e. The molecule has 2 rings (SSSR count). The van der Waals surface area contributed by atoms with Crippen LogP contribution in [-0.2, 0) is 30.7 Å². The quantitative estimate of drug-likeness (QED) is 0.746. The van der Waals surface area contributed by atoms with Crippen molar-refractivity contribution in [2.75, 3.05) is 18.1 Å². The Bertz CT molecular complexity index is 735. The summed E-state index contributed by atoms with van der Waals surface area (Å²) in [6.07, 6.45) is 0.466. The van der Waals surface area contributed by atoms with Crippen molar-refractivity contribution in [1.29, 1.82) is 0 Å². The zero-order valence-electron chi connectivity index (χ0n) is 12.8. The standard InChI is InChI=1S/C15H17Cl2NO5S/c16-12-2-1-11(13(17)6-12)7-18-14(19)8-23-15(20)5-10-3-4-24(21,22)9-10/h1-2,6,10H,3-5,7-9H2,(H,18,19)/t10-/m1/s1. The number of sulfone groups is 1. The molecule has 24 heavy (non-hydrogen) atoms. The lowest BCUT2D eigenvalue weighted by molar-refractivity contribution is -0.149. The zero-order valence-corrected chi connectivity index (χ0v) is 15.1. The van der Waals surface area contributed by atoms with E-state index in [1.165, 1.54) is 0 Å². The fraction of sp³-hybridized carbons (Fsp3) is 0.467. The molecule has 0 aliphatic carbocycles. The van der Waals surface area contributed by atoms with Crippen LogP contribution in [0.1, 0.15) is 18.4 Å². The first kappa shape index (κ1) is 19.0. The Balaban J connectivity index is 1.70. The molecule has 0 spiro atoms. The van der Waals surface area contributed by atoms with E-state index in [0.717, 1.165) is 0 Å². The minimum atomic E-state index is -3.03. The summed E-state index contributed by atoms with van der Waals surface area (Å²) in [7, 11) is -3.03. The first-order valence-electron chi connectivity index (χ1n) is 7.32. The first-order chi connectivity index (χ1) is 11.2. The van der Waals surface area contributed by atoms with Crippen LogP contribution in [0.3, 0.4) is 0 Å². The summed E-state index contributed by atoms with van der Waals surface area (Å²) in [6, 6.07) is 4.92. The molecule has 1 heterocycles. The van der Waals surface area contributed by atoms with Gasteiger partial charge in [0.25, 0.3) is 5.91 Å². The number of esters is 1. The second-order valence-electron chi connectivity index (χ2n) is 5.65. The van der Waals surface area contributed by atoms with Crippen LogP contribution >= 0.6 is 23.2 Å². The highest BCUT2D eigenvalue weighted by Crippen LogP contribution is 2.22. The third-order valence-electron chi connectivity index (χ3n) is 3.64. The maximum atomic E-state index is 11.7. The van der Waals surface area contributed by atoms with Gasteiger partial charge in [0.05, 0.1) is 11.5 Å². The van der Waals surface area contributed by atoms with Crippen molar-refractivity contribution in [3.8, 4) is 0 Å². The van der Waals surface area contributed by atoms with Gasteiger partial charge < -0.3 is 10.1 Å². The number of amides is 1. The normalized spacial score (nSPS) is 19.0. The highest BCUT2D eigenvalue weighted by Gasteiger charge is 2.29. The lowest BCUT2D eigenvalue weighted by Gasteiger charge is -2.09. The lowest BCUT2D eigenvalue weighted by atomic mass is 10.1. The first-order valence-corrected chi connectivity index (χ1v) is 9.89. The Morgan fingerprint density at radius 2 is 2.04 bits per heavy atom. The molecule has 1 aliphatic rings. The van der Waals surface area contributed by atoms with Gasteiger partial charge in [-0.15, -0.1) is 0 Å². The van der Waals surface area contributed by atoms with Crippen LogP contribution in [0.25, 0.3) is 0 Å². The Hall–Kier alpha value is -1.31. The van der Waals surface area contributed by atoms with E-state index in [1.807, 2.05) is 0 Å². The number of halogens is 2. The van der Waals surface area contributed by atoms with Gasteiger partial charge in [-0.05, 0) is 30.0 Å². The molecule has 1 atom stereocenters. The van der Waals surface area contributed by atoms with E-state index in [0.29, 0.717) is 22.0 Å². The van der Waals surface area contributed by atoms with Crippen molar-refractivity contribution in [2.45, 2.75) is 19.4 Å². The molecular formula is C15H17Cl2NO5S. The molecule has 1 aromatic carbocycles. The molecule has 0 radical (unpaired) electrons. The summed E-state index contributed by atoms with van der Waals surface area (Å²) in [5.41, 5.74) is 0.692. The Morgan fingerprint density at radius 3 is 2.67 bits per heavy atom. The monoisotopic (exact) mass is 393 g/mol. The van der Waals surface area contributed by atoms with Gasteiger partial charge in [-0.2, -0.15) is 0 Å². The van der Waals surface area contributed by atoms with E-state index in [1.54, 1.807) is 18.2 Å². The van der Waals surface area contributed by atoms with Crippen LogP contribution in [0.2, 0.25) is 10.0 Å². The van der Waals surface area contributed by atoms with Gasteiger partial charge in [-0.25, -0.2) is 8.42 Å². The summed E-state index contributed by atoms with van der Waals surface area (Å²) in [5, 5.41) is 3.51. The van der Waals surface area contributed by atoms with E-state index < -0.39 is 28.3 Å². The van der Waals surface area contributed by atoms with E-state index >= 15 is 0 Å². The predicted octanol–water partition coefficient (Wildman–Crippen LogP) is 1.98. The van der Waals surface area contributed by atoms with Gasteiger partial charge in [0.2, 0.25) is 0 Å². The van der Waals surface area contributed by atoms with Crippen LogP contribution < -0.4 is 5.32 Å². The summed E-state index contributed by atoms with van der Waals surface area (Å²) < 4.78 is 27.5. The van der Waals surface area contributed by atoms with Crippen molar-refractivity contribution >= 4 is 44.9 Å². The number of hydrogen-bond donors (Lipinski definition) is 1. The number of carbonyl (C=O) groups is 2. The second kappa shape index (κ2) is 8.18. The van der Waals surface area contributed by atoms with Crippen molar-refractivity contribution < 1.29 is 22.7 Å². The maximum Gasteiger partial charge on any atom is 0.306 e. The van der Waals surface area contributed by atoms with Crippen molar-refractivity contribution in [3.05, 3.63) is 33.8 Å². The number of nitrogens with one attached hydrogen (secondary N) is 1. The van der Waals surface area contributed by atoms with Crippen LogP contribution in [0.4, 0.5) is 0 Å². The van der Waals surface area contributed by atoms with E-state index in [9.17, 15) is 18.0 Å². The summed E-state index contributed by atoms with van der Waals surface area (Å²) in [5.74, 6) is -1.15. The zero-order chi connectivity index (χ0) is 17.7. The third kappa shape index (κ3) is 5.96. The molecule has 0 unspecified atom stereocenters. The predicted molar refractivity (Wildman–Crippen MR) is 90.6 cm³/mol. The van der Waals surface area contributed by atoms with Gasteiger partial charge in [0, 0.05) is 23.0 Å². The third-order valence-corrected chi connectivity index (χ3v) is 6.06. The molecule has 6 nitrogen and oxygen atoms in total. The van der Waals surface area contributed by atoms with Crippen molar-refractivity contribution in [1.82, 2.24) is 5.32 Å². The SMILES string of the molecule is O=C(COC(=O)C[C@H]1CCS(=O)(=O)C1)NCc1ccc(Cl)cc1Cl. The molecule has 9 heteroatoms. The average molecular weight is 394 g/mol. The molecule has 1 amide bonds. The maximum absolute atomic E-state index is 11.7. The van der Waals surface area contributed by atoms with Crippen molar-refractivity contribution in [2.24, 2.45) is 5.92 Å². The van der Waals surface area contributed by atoms with E-state index in [4.69, 9.17) is 27.9 Å². The number of benzene rings is 1. The van der Waals surface area contributed by atoms with Crippen molar-refractivity contribution in [3.63, 3.8) is 0 Å². The van der Waals surface area contributed by atoms with Gasteiger partial charge in [-0.1, -0.05) is 29.3 Å². The highest BCUT2D eigenvalue weighted by atomic mass is 35.5. The lowest BCUT2D eigenvalue weighted by Crippen LogP contribution is -2.28. The van der Waals surface area contributed by atoms with Gasteiger partial charge >= 0.3 is 5.97 Å². The number of ether oxygens (including phenoxy) is 1. The summed E-state index contributed by atoms with van der Waals surface area (Å²) in [6.45, 7) is -0.225. The van der Waals surface area contributed by atoms with Gasteiger partial charge in [0.15, 0.2) is 16.4 Å². The molecule has 0 saturated carbocycles. The molecule has 1 fully saturated rings. The number of carbonyl (C=O) groups excluding carboxylic acids is 2. The number of rotatable bonds is 6. The topological polar surface area (TPSA) is 89.5 Å². The molecule has 1 aromatic rings. The fourth-order valence-electron chi connectivity index (χ4n) is 2.38. The van der Waals surface area contributed by atoms with Crippen LogP contribution in [0.5, 0.6) is 0 Å². The Labute approximate surface area is 150 Å². The van der Waals surface area contributed by atoms with E-state index in [2.05, 4.69) is 5.32 Å². The Morgan fingerprint density at radius 1 is 1.29 bits per heavy atom. The molecule has 132 valence electrons. The largest absolute Gasteiger partial charge is 0.456 e. The Kier molecular flexibility index (Phi) is 6.48. The molecule has 1 aliphatic heterocycles. The highest BCUT2D eigenvalue weighted by molar-refractivity contribution is 7.91. The van der Waals surface area contributed by atoms with Gasteiger partial charge in [-0.3, -0.25) is 9.59 Å². The average Bonchev–Trinajstić information content (AvgIpc) is 2.83. The fourth-order valence-corrected chi connectivity index (χ4v) is 4.72. The summed E-state index contributed by atoms with van der Waals surface area (Å²) in [4.78, 5) is 23.3. The molecule has 1 saturated heterocycles. The smallest absolute Gasteiger partial charge is 0.306 e. The number of hydrogen-bond acceptors (Lipinski definition) is 5. The van der Waals surface area contributed by atoms with Crippen LogP contribution in [-0.4, -0.2) is 38.4 Å². The minimum absolute atomic E-state index is 0.00334. The van der Waals surface area contributed by atoms with E-state index in [-0.39, 0.29) is 30.4 Å². The van der Waals surface area contributed by atoms with Gasteiger partial charge in [0.1, 0.15) is 0 Å². The second-order valence-corrected chi connectivity index (χ2v) is 8.72. The molecule has 1 N–H and O–H groups in total. The van der Waals surface area contributed by atoms with Crippen LogP contribution in [0, 0.1) is 5.92 Å². The molecular weight excluding hydrogens is 377 g/mol.